The first-order valence-corrected chi connectivity index (χ1v) is 6.17. The molecule has 90 valence electrons. The summed E-state index contributed by atoms with van der Waals surface area (Å²) in [5, 5.41) is 0. The number of pyridine rings is 1. The number of imidazole rings is 1. The summed E-state index contributed by atoms with van der Waals surface area (Å²) in [5.74, 6) is 1.03. The van der Waals surface area contributed by atoms with Gasteiger partial charge in [0, 0.05) is 6.20 Å². The van der Waals surface area contributed by atoms with Crippen LogP contribution in [-0.2, 0) is 0 Å². The van der Waals surface area contributed by atoms with E-state index >= 15 is 0 Å². The van der Waals surface area contributed by atoms with E-state index in [4.69, 9.17) is 0 Å². The van der Waals surface area contributed by atoms with Gasteiger partial charge in [-0.3, -0.25) is 0 Å². The molecule has 0 saturated heterocycles. The maximum absolute atomic E-state index is 4.33. The van der Waals surface area contributed by atoms with Crippen LogP contribution in [0.3, 0.4) is 0 Å². The minimum absolute atomic E-state index is 1.03. The Bertz CT molecular complexity index is 723. The molecule has 0 spiro atoms. The van der Waals surface area contributed by atoms with Crippen LogP contribution in [0.25, 0.3) is 16.6 Å². The fourth-order valence-electron chi connectivity index (χ4n) is 2.34. The summed E-state index contributed by atoms with van der Waals surface area (Å²) >= 11 is 0. The van der Waals surface area contributed by atoms with Crippen LogP contribution in [0.5, 0.6) is 0 Å². The summed E-state index contributed by atoms with van der Waals surface area (Å²) < 4.78 is 2.14. The maximum atomic E-state index is 4.33. The Morgan fingerprint density at radius 1 is 1.00 bits per heavy atom. The Hall–Kier alpha value is -2.09. The molecule has 0 saturated carbocycles. The minimum Gasteiger partial charge on any atom is -0.303 e. The summed E-state index contributed by atoms with van der Waals surface area (Å²) in [6.45, 7) is 6.36. The molecule has 2 nitrogen and oxygen atoms in total. The molecule has 0 aliphatic heterocycles. The van der Waals surface area contributed by atoms with Gasteiger partial charge in [0.1, 0.15) is 5.82 Å². The molecular weight excluding hydrogens is 220 g/mol. The number of fused-ring (bicyclic) bond motifs is 1. The topological polar surface area (TPSA) is 17.3 Å². The average Bonchev–Trinajstić information content (AvgIpc) is 2.74. The van der Waals surface area contributed by atoms with Crippen molar-refractivity contribution >= 4 is 5.52 Å². The molecule has 2 heterocycles. The molecule has 1 aromatic carbocycles. The summed E-state index contributed by atoms with van der Waals surface area (Å²) in [7, 11) is 0. The highest BCUT2D eigenvalue weighted by Gasteiger charge is 2.05. The van der Waals surface area contributed by atoms with E-state index < -0.39 is 0 Å². The third kappa shape index (κ3) is 1.61. The van der Waals surface area contributed by atoms with E-state index in [0.717, 1.165) is 11.3 Å². The standard InChI is InChI=1S/C16H16N2/c1-11-5-4-6-16(12(11)2)14-7-8-15-9-17-13(3)18(15)10-14/h4-10H,1-3H3. The lowest BCUT2D eigenvalue weighted by molar-refractivity contribution is 1.05. The molecular formula is C16H16N2. The van der Waals surface area contributed by atoms with E-state index in [1.54, 1.807) is 0 Å². The van der Waals surface area contributed by atoms with Crippen LogP contribution in [0.15, 0.2) is 42.7 Å². The quantitative estimate of drug-likeness (QED) is 0.626. The van der Waals surface area contributed by atoms with Gasteiger partial charge < -0.3 is 4.40 Å². The molecule has 2 aromatic heterocycles. The highest BCUT2D eigenvalue weighted by Crippen LogP contribution is 2.26. The van der Waals surface area contributed by atoms with Gasteiger partial charge in [-0.2, -0.15) is 0 Å². The van der Waals surface area contributed by atoms with E-state index in [1.165, 1.54) is 22.3 Å². The molecule has 0 unspecified atom stereocenters. The Morgan fingerprint density at radius 3 is 2.67 bits per heavy atom. The van der Waals surface area contributed by atoms with Crippen molar-refractivity contribution in [3.8, 4) is 11.1 Å². The molecule has 3 aromatic rings. The molecule has 0 aliphatic carbocycles. The van der Waals surface area contributed by atoms with Crippen molar-refractivity contribution in [3.05, 3.63) is 59.7 Å². The van der Waals surface area contributed by atoms with E-state index in [9.17, 15) is 0 Å². The number of aryl methyl sites for hydroxylation is 2. The summed E-state index contributed by atoms with van der Waals surface area (Å²) in [6, 6.07) is 10.7. The SMILES string of the molecule is Cc1cccc(-c2ccc3cnc(C)n3c2)c1C. The molecule has 0 N–H and O–H groups in total. The molecule has 0 fully saturated rings. The second kappa shape index (κ2) is 3.98. The second-order valence-corrected chi connectivity index (χ2v) is 4.77. The summed E-state index contributed by atoms with van der Waals surface area (Å²) in [5.41, 5.74) is 6.35. The molecule has 0 bridgehead atoms. The van der Waals surface area contributed by atoms with E-state index in [-0.39, 0.29) is 0 Å². The predicted molar refractivity (Wildman–Crippen MR) is 74.8 cm³/mol. The lowest BCUT2D eigenvalue weighted by atomic mass is 9.98. The van der Waals surface area contributed by atoms with Crippen molar-refractivity contribution in [2.45, 2.75) is 20.8 Å². The van der Waals surface area contributed by atoms with Crippen molar-refractivity contribution in [1.82, 2.24) is 9.38 Å². The van der Waals surface area contributed by atoms with Crippen LogP contribution in [0.1, 0.15) is 17.0 Å². The average molecular weight is 236 g/mol. The monoisotopic (exact) mass is 236 g/mol. The Balaban J connectivity index is 2.25. The van der Waals surface area contributed by atoms with E-state index in [2.05, 4.69) is 59.8 Å². The molecule has 0 aliphatic rings. The van der Waals surface area contributed by atoms with Gasteiger partial charge in [0.05, 0.1) is 11.7 Å². The number of nitrogens with zero attached hydrogens (tertiary/aromatic N) is 2. The first kappa shape index (κ1) is 11.0. The van der Waals surface area contributed by atoms with Crippen LogP contribution in [0.4, 0.5) is 0 Å². The first-order valence-electron chi connectivity index (χ1n) is 6.17. The van der Waals surface area contributed by atoms with Crippen molar-refractivity contribution < 1.29 is 0 Å². The first-order chi connectivity index (χ1) is 8.66. The molecule has 0 radical (unpaired) electrons. The van der Waals surface area contributed by atoms with Gasteiger partial charge in [0.2, 0.25) is 0 Å². The van der Waals surface area contributed by atoms with E-state index in [1.807, 2.05) is 13.1 Å². The third-order valence-corrected chi connectivity index (χ3v) is 3.63. The number of benzene rings is 1. The Kier molecular flexibility index (Phi) is 2.44. The van der Waals surface area contributed by atoms with Gasteiger partial charge in [-0.25, -0.2) is 4.98 Å². The van der Waals surface area contributed by atoms with Gasteiger partial charge in [-0.15, -0.1) is 0 Å². The number of hydrogen-bond donors (Lipinski definition) is 0. The van der Waals surface area contributed by atoms with Crippen LogP contribution < -0.4 is 0 Å². The number of rotatable bonds is 1. The zero-order valence-corrected chi connectivity index (χ0v) is 10.9. The lowest BCUT2D eigenvalue weighted by Gasteiger charge is -2.09. The minimum atomic E-state index is 1.03. The molecule has 0 amide bonds. The molecule has 0 atom stereocenters. The zero-order chi connectivity index (χ0) is 12.7. The van der Waals surface area contributed by atoms with Crippen molar-refractivity contribution in [1.29, 1.82) is 0 Å². The van der Waals surface area contributed by atoms with Crippen LogP contribution >= 0.6 is 0 Å². The van der Waals surface area contributed by atoms with Gasteiger partial charge in [0.25, 0.3) is 0 Å². The predicted octanol–water partition coefficient (Wildman–Crippen LogP) is 3.93. The maximum Gasteiger partial charge on any atom is 0.110 e. The smallest absolute Gasteiger partial charge is 0.110 e. The van der Waals surface area contributed by atoms with E-state index in [0.29, 0.717) is 0 Å². The summed E-state index contributed by atoms with van der Waals surface area (Å²) in [6.07, 6.45) is 4.07. The normalized spacial score (nSPS) is 11.1. The van der Waals surface area contributed by atoms with Crippen LogP contribution in [-0.4, -0.2) is 9.38 Å². The summed E-state index contributed by atoms with van der Waals surface area (Å²) in [4.78, 5) is 4.33. The van der Waals surface area contributed by atoms with Gasteiger partial charge in [-0.1, -0.05) is 24.3 Å². The fourth-order valence-corrected chi connectivity index (χ4v) is 2.34. The Morgan fingerprint density at radius 2 is 1.83 bits per heavy atom. The third-order valence-electron chi connectivity index (χ3n) is 3.63. The molecule has 3 rings (SSSR count). The van der Waals surface area contributed by atoms with Crippen molar-refractivity contribution in [2.75, 3.05) is 0 Å². The largest absolute Gasteiger partial charge is 0.303 e. The zero-order valence-electron chi connectivity index (χ0n) is 10.9. The Labute approximate surface area is 107 Å². The second-order valence-electron chi connectivity index (χ2n) is 4.77. The number of hydrogen-bond acceptors (Lipinski definition) is 1. The number of aromatic nitrogens is 2. The van der Waals surface area contributed by atoms with Gasteiger partial charge in [-0.05, 0) is 49.1 Å². The lowest BCUT2D eigenvalue weighted by Crippen LogP contribution is -1.91. The van der Waals surface area contributed by atoms with Gasteiger partial charge >= 0.3 is 0 Å². The van der Waals surface area contributed by atoms with Crippen LogP contribution in [0, 0.1) is 20.8 Å². The van der Waals surface area contributed by atoms with Crippen LogP contribution in [0.2, 0.25) is 0 Å². The van der Waals surface area contributed by atoms with Crippen molar-refractivity contribution in [3.63, 3.8) is 0 Å². The highest BCUT2D eigenvalue weighted by atomic mass is 15.0. The van der Waals surface area contributed by atoms with Gasteiger partial charge in [0.15, 0.2) is 0 Å². The molecule has 18 heavy (non-hydrogen) atoms. The fraction of sp³-hybridized carbons (Fsp3) is 0.188. The highest BCUT2D eigenvalue weighted by molar-refractivity contribution is 5.69. The van der Waals surface area contributed by atoms with Crippen molar-refractivity contribution in [2.24, 2.45) is 0 Å². The molecule has 2 heteroatoms.